The summed E-state index contributed by atoms with van der Waals surface area (Å²) in [5.41, 5.74) is 0.0201. The number of hydrogen-bond acceptors (Lipinski definition) is 3. The first-order chi connectivity index (χ1) is 6.18. The Hall–Kier alpha value is -1.19. The summed E-state index contributed by atoms with van der Waals surface area (Å²) in [5, 5.41) is 15.6. The zero-order chi connectivity index (χ0) is 10.1. The van der Waals surface area contributed by atoms with Gasteiger partial charge in [-0.3, -0.25) is 0 Å². The van der Waals surface area contributed by atoms with E-state index < -0.39 is 5.97 Å². The van der Waals surface area contributed by atoms with Gasteiger partial charge in [0.05, 0.1) is 0 Å². The molecule has 0 radical (unpaired) electrons. The van der Waals surface area contributed by atoms with Gasteiger partial charge in [0.25, 0.3) is 0 Å². The fraction of sp³-hybridized carbons (Fsp3) is 0.667. The van der Waals surface area contributed by atoms with Crippen LogP contribution >= 0.6 is 0 Å². The minimum atomic E-state index is -1.02. The maximum atomic E-state index is 10.3. The zero-order valence-corrected chi connectivity index (χ0v) is 8.16. The first-order valence-corrected chi connectivity index (χ1v) is 4.47. The van der Waals surface area contributed by atoms with Crippen LogP contribution in [0.15, 0.2) is 10.2 Å². The largest absolute Gasteiger partial charge is 0.477 e. The van der Waals surface area contributed by atoms with Gasteiger partial charge in [-0.2, -0.15) is 5.10 Å². The molecule has 0 fully saturated rings. The molecular formula is C9H16N2O2. The number of carbonyl (C=O) groups is 1. The molecule has 0 aliphatic carbocycles. The molecule has 4 heteroatoms. The van der Waals surface area contributed by atoms with Gasteiger partial charge in [-0.05, 0) is 19.8 Å². The third kappa shape index (κ3) is 7.18. The van der Waals surface area contributed by atoms with E-state index in [9.17, 15) is 4.79 Å². The lowest BCUT2D eigenvalue weighted by Crippen LogP contribution is -2.06. The van der Waals surface area contributed by atoms with Gasteiger partial charge >= 0.3 is 5.97 Å². The van der Waals surface area contributed by atoms with E-state index in [-0.39, 0.29) is 5.71 Å². The summed E-state index contributed by atoms with van der Waals surface area (Å²) in [4.78, 5) is 10.3. The van der Waals surface area contributed by atoms with E-state index >= 15 is 0 Å². The predicted octanol–water partition coefficient (Wildman–Crippen LogP) is 2.10. The Labute approximate surface area is 78.4 Å². The predicted molar refractivity (Wildman–Crippen MR) is 53.4 cm³/mol. The van der Waals surface area contributed by atoms with Crippen LogP contribution in [0.4, 0.5) is 0 Å². The third-order valence-corrected chi connectivity index (χ3v) is 1.54. The van der Waals surface area contributed by atoms with E-state index in [4.69, 9.17) is 5.11 Å². The van der Waals surface area contributed by atoms with Crippen molar-refractivity contribution < 1.29 is 9.90 Å². The van der Waals surface area contributed by atoms with Crippen molar-refractivity contribution >= 4 is 17.9 Å². The smallest absolute Gasteiger partial charge is 0.351 e. The van der Waals surface area contributed by atoms with Crippen LogP contribution in [0.3, 0.4) is 0 Å². The zero-order valence-electron chi connectivity index (χ0n) is 8.16. The molecule has 0 saturated heterocycles. The highest BCUT2D eigenvalue weighted by molar-refractivity contribution is 6.34. The molecule has 74 valence electrons. The topological polar surface area (TPSA) is 62.0 Å². The van der Waals surface area contributed by atoms with Crippen molar-refractivity contribution in [2.45, 2.75) is 39.5 Å². The van der Waals surface area contributed by atoms with Crippen molar-refractivity contribution in [3.05, 3.63) is 0 Å². The van der Waals surface area contributed by atoms with Crippen molar-refractivity contribution in [1.29, 1.82) is 0 Å². The van der Waals surface area contributed by atoms with Gasteiger partial charge in [-0.15, -0.1) is 5.10 Å². The van der Waals surface area contributed by atoms with Crippen molar-refractivity contribution in [2.24, 2.45) is 10.2 Å². The second-order valence-electron chi connectivity index (χ2n) is 2.78. The maximum absolute atomic E-state index is 10.3. The molecular weight excluding hydrogens is 168 g/mol. The number of carboxylic acids is 1. The first-order valence-electron chi connectivity index (χ1n) is 4.47. The average Bonchev–Trinajstić information content (AvgIpc) is 2.10. The highest BCUT2D eigenvalue weighted by Crippen LogP contribution is 1.96. The second kappa shape index (κ2) is 7.46. The number of unbranched alkanes of at least 4 members (excludes halogenated alkanes) is 3. The molecule has 4 nitrogen and oxygen atoms in total. The van der Waals surface area contributed by atoms with Crippen LogP contribution in [0, 0.1) is 0 Å². The van der Waals surface area contributed by atoms with Crippen LogP contribution in [0.5, 0.6) is 0 Å². The Morgan fingerprint density at radius 3 is 2.69 bits per heavy atom. The normalized spacial score (nSPS) is 12.3. The second-order valence-corrected chi connectivity index (χ2v) is 2.78. The number of rotatable bonds is 6. The van der Waals surface area contributed by atoms with Crippen molar-refractivity contribution in [2.75, 3.05) is 0 Å². The highest BCUT2D eigenvalue weighted by atomic mass is 16.4. The molecule has 0 aliphatic rings. The molecule has 0 atom stereocenters. The molecule has 1 N–H and O–H groups in total. The monoisotopic (exact) mass is 184 g/mol. The van der Waals surface area contributed by atoms with E-state index in [1.165, 1.54) is 19.8 Å². The molecule has 0 saturated carbocycles. The van der Waals surface area contributed by atoms with Crippen LogP contribution in [-0.2, 0) is 4.79 Å². The van der Waals surface area contributed by atoms with E-state index in [0.717, 1.165) is 12.8 Å². The summed E-state index contributed by atoms with van der Waals surface area (Å²) < 4.78 is 0. The van der Waals surface area contributed by atoms with Crippen molar-refractivity contribution in [3.63, 3.8) is 0 Å². The summed E-state index contributed by atoms with van der Waals surface area (Å²) in [7, 11) is 0. The van der Waals surface area contributed by atoms with E-state index in [1.807, 2.05) is 0 Å². The highest BCUT2D eigenvalue weighted by Gasteiger charge is 1.98. The van der Waals surface area contributed by atoms with Gasteiger partial charge < -0.3 is 5.11 Å². The Morgan fingerprint density at radius 2 is 2.15 bits per heavy atom. The van der Waals surface area contributed by atoms with E-state index in [0.29, 0.717) is 0 Å². The molecule has 0 spiro atoms. The van der Waals surface area contributed by atoms with Gasteiger partial charge in [-0.1, -0.05) is 19.8 Å². The van der Waals surface area contributed by atoms with Crippen LogP contribution in [-0.4, -0.2) is 23.0 Å². The Morgan fingerprint density at radius 1 is 1.46 bits per heavy atom. The molecule has 0 aromatic rings. The average molecular weight is 184 g/mol. The molecule has 0 rings (SSSR count). The van der Waals surface area contributed by atoms with Crippen LogP contribution in [0.25, 0.3) is 0 Å². The maximum Gasteiger partial charge on any atom is 0.351 e. The van der Waals surface area contributed by atoms with Crippen molar-refractivity contribution in [1.82, 2.24) is 0 Å². The summed E-state index contributed by atoms with van der Waals surface area (Å²) in [6, 6.07) is 0. The fourth-order valence-electron chi connectivity index (χ4n) is 0.714. The minimum absolute atomic E-state index is 0.0201. The Bertz CT molecular complexity index is 210. The van der Waals surface area contributed by atoms with Gasteiger partial charge in [-0.25, -0.2) is 4.79 Å². The first kappa shape index (κ1) is 11.8. The number of hydrogen-bond donors (Lipinski definition) is 1. The SMILES string of the molecule is CCCCCC=NN=C(C)C(=O)O. The van der Waals surface area contributed by atoms with E-state index in [2.05, 4.69) is 17.1 Å². The summed E-state index contributed by atoms with van der Waals surface area (Å²) >= 11 is 0. The van der Waals surface area contributed by atoms with Gasteiger partial charge in [0.15, 0.2) is 0 Å². The Kier molecular flexibility index (Phi) is 6.78. The fourth-order valence-corrected chi connectivity index (χ4v) is 0.714. The van der Waals surface area contributed by atoms with Gasteiger partial charge in [0.2, 0.25) is 0 Å². The van der Waals surface area contributed by atoms with Crippen LogP contribution in [0.1, 0.15) is 39.5 Å². The Balaban J connectivity index is 3.62. The van der Waals surface area contributed by atoms with Gasteiger partial charge in [0, 0.05) is 6.21 Å². The summed E-state index contributed by atoms with van der Waals surface area (Å²) in [6.07, 6.45) is 5.95. The molecule has 0 aromatic heterocycles. The minimum Gasteiger partial charge on any atom is -0.477 e. The number of aliphatic carboxylic acids is 1. The van der Waals surface area contributed by atoms with Crippen LogP contribution in [0.2, 0.25) is 0 Å². The summed E-state index contributed by atoms with van der Waals surface area (Å²) in [5.74, 6) is -1.02. The van der Waals surface area contributed by atoms with Crippen LogP contribution < -0.4 is 0 Å². The molecule has 0 amide bonds. The quantitative estimate of drug-likeness (QED) is 0.390. The lowest BCUT2D eigenvalue weighted by Gasteiger charge is -1.90. The van der Waals surface area contributed by atoms with Crippen molar-refractivity contribution in [3.8, 4) is 0 Å². The number of carboxylic acid groups (broad SMARTS) is 1. The molecule has 0 bridgehead atoms. The molecule has 0 aromatic carbocycles. The molecule has 13 heavy (non-hydrogen) atoms. The third-order valence-electron chi connectivity index (χ3n) is 1.54. The standard InChI is InChI=1S/C9H16N2O2/c1-3-4-5-6-7-10-11-8(2)9(12)13/h7H,3-6H2,1-2H3,(H,12,13). The molecule has 0 aliphatic heterocycles. The molecule has 0 unspecified atom stereocenters. The van der Waals surface area contributed by atoms with Gasteiger partial charge in [0.1, 0.15) is 5.71 Å². The summed E-state index contributed by atoms with van der Waals surface area (Å²) in [6.45, 7) is 3.55. The number of nitrogens with zero attached hydrogens (tertiary/aromatic N) is 2. The lowest BCUT2D eigenvalue weighted by molar-refractivity contribution is -0.129. The lowest BCUT2D eigenvalue weighted by atomic mass is 10.2. The van der Waals surface area contributed by atoms with E-state index in [1.54, 1.807) is 6.21 Å². The molecule has 0 heterocycles.